The first-order valence-electron chi connectivity index (χ1n) is 5.60. The maximum Gasteiger partial charge on any atom is 0.407 e. The van der Waals surface area contributed by atoms with E-state index in [4.69, 9.17) is 9.47 Å². The second-order valence-corrected chi connectivity index (χ2v) is 3.85. The molecule has 0 aliphatic carbocycles. The summed E-state index contributed by atoms with van der Waals surface area (Å²) in [6.45, 7) is 0.0170. The summed E-state index contributed by atoms with van der Waals surface area (Å²) >= 11 is 0. The molecule has 0 radical (unpaired) electrons. The van der Waals surface area contributed by atoms with Crippen molar-refractivity contribution in [3.05, 3.63) is 18.2 Å². The molecule has 2 N–H and O–H groups in total. The molecule has 102 valence electrons. The molecule has 0 aromatic heterocycles. The minimum Gasteiger partial charge on any atom is -0.497 e. The van der Waals surface area contributed by atoms with Crippen LogP contribution in [-0.4, -0.2) is 38.9 Å². The number of methoxy groups -OCH3 is 2. The SMILES string of the molecule is COc1ccc(NC(=O)C2COC(=O)N2)c(OC)c1. The fourth-order valence-corrected chi connectivity index (χ4v) is 1.65. The van der Waals surface area contributed by atoms with E-state index < -0.39 is 12.1 Å². The Morgan fingerprint density at radius 3 is 2.79 bits per heavy atom. The van der Waals surface area contributed by atoms with Gasteiger partial charge in [-0.1, -0.05) is 0 Å². The molecule has 1 atom stereocenters. The third-order valence-corrected chi connectivity index (χ3v) is 2.66. The molecule has 2 amide bonds. The molecule has 0 spiro atoms. The van der Waals surface area contributed by atoms with Crippen molar-refractivity contribution >= 4 is 17.7 Å². The van der Waals surface area contributed by atoms with Crippen LogP contribution in [0.4, 0.5) is 10.5 Å². The monoisotopic (exact) mass is 266 g/mol. The predicted octanol–water partition coefficient (Wildman–Crippen LogP) is 0.751. The normalized spacial score (nSPS) is 17.4. The van der Waals surface area contributed by atoms with Crippen molar-refractivity contribution < 1.29 is 23.8 Å². The average Bonchev–Trinajstić information content (AvgIpc) is 2.86. The molecule has 1 unspecified atom stereocenters. The van der Waals surface area contributed by atoms with E-state index in [2.05, 4.69) is 15.4 Å². The lowest BCUT2D eigenvalue weighted by Gasteiger charge is -2.13. The van der Waals surface area contributed by atoms with Crippen LogP contribution in [0, 0.1) is 0 Å². The van der Waals surface area contributed by atoms with Crippen LogP contribution in [0.1, 0.15) is 0 Å². The van der Waals surface area contributed by atoms with Crippen LogP contribution < -0.4 is 20.1 Å². The van der Waals surface area contributed by atoms with Crippen molar-refractivity contribution in [2.24, 2.45) is 0 Å². The summed E-state index contributed by atoms with van der Waals surface area (Å²) in [5.74, 6) is 0.722. The van der Waals surface area contributed by atoms with Gasteiger partial charge in [-0.15, -0.1) is 0 Å². The number of anilines is 1. The van der Waals surface area contributed by atoms with Gasteiger partial charge < -0.3 is 24.8 Å². The topological polar surface area (TPSA) is 85.9 Å². The number of benzene rings is 1. The number of nitrogens with one attached hydrogen (secondary N) is 2. The molecule has 2 rings (SSSR count). The number of hydrogen-bond acceptors (Lipinski definition) is 5. The maximum absolute atomic E-state index is 11.9. The number of amides is 2. The molecule has 1 fully saturated rings. The molecule has 1 heterocycles. The second-order valence-electron chi connectivity index (χ2n) is 3.85. The summed E-state index contributed by atoms with van der Waals surface area (Å²) in [4.78, 5) is 22.8. The molecule has 1 aliphatic rings. The molecule has 7 heteroatoms. The lowest BCUT2D eigenvalue weighted by Crippen LogP contribution is -2.38. The molecule has 0 bridgehead atoms. The van der Waals surface area contributed by atoms with Crippen molar-refractivity contribution in [1.82, 2.24) is 5.32 Å². The Balaban J connectivity index is 2.10. The van der Waals surface area contributed by atoms with Crippen molar-refractivity contribution in [1.29, 1.82) is 0 Å². The molecular weight excluding hydrogens is 252 g/mol. The van der Waals surface area contributed by atoms with Gasteiger partial charge in [-0.2, -0.15) is 0 Å². The van der Waals surface area contributed by atoms with Gasteiger partial charge in [0.15, 0.2) is 0 Å². The third kappa shape index (κ3) is 2.87. The number of ether oxygens (including phenoxy) is 3. The highest BCUT2D eigenvalue weighted by atomic mass is 16.6. The van der Waals surface area contributed by atoms with Gasteiger partial charge in [0, 0.05) is 6.07 Å². The Kier molecular flexibility index (Phi) is 3.74. The molecule has 19 heavy (non-hydrogen) atoms. The van der Waals surface area contributed by atoms with E-state index in [1.807, 2.05) is 0 Å². The van der Waals surface area contributed by atoms with E-state index in [0.29, 0.717) is 17.2 Å². The third-order valence-electron chi connectivity index (χ3n) is 2.66. The zero-order valence-electron chi connectivity index (χ0n) is 10.6. The summed E-state index contributed by atoms with van der Waals surface area (Å²) in [5, 5.41) is 5.06. The van der Waals surface area contributed by atoms with Crippen LogP contribution >= 0.6 is 0 Å². The Hall–Kier alpha value is -2.44. The van der Waals surface area contributed by atoms with Gasteiger partial charge >= 0.3 is 6.09 Å². The maximum atomic E-state index is 11.9. The standard InChI is InChI=1S/C12H14N2O5/c1-17-7-3-4-8(10(5-7)18-2)13-11(15)9-6-19-12(16)14-9/h3-5,9H,6H2,1-2H3,(H,13,15)(H,14,16). The lowest BCUT2D eigenvalue weighted by atomic mass is 10.2. The van der Waals surface area contributed by atoms with Gasteiger partial charge in [-0.05, 0) is 12.1 Å². The Labute approximate surface area is 109 Å². The summed E-state index contributed by atoms with van der Waals surface area (Å²) in [6.07, 6.45) is -0.596. The van der Waals surface area contributed by atoms with Crippen LogP contribution in [0.15, 0.2) is 18.2 Å². The fraction of sp³-hybridized carbons (Fsp3) is 0.333. The first-order chi connectivity index (χ1) is 9.13. The molecule has 7 nitrogen and oxygen atoms in total. The van der Waals surface area contributed by atoms with Crippen molar-refractivity contribution in [3.8, 4) is 11.5 Å². The number of carbonyl (C=O) groups excluding carboxylic acids is 2. The highest BCUT2D eigenvalue weighted by Crippen LogP contribution is 2.29. The number of cyclic esters (lactones) is 1. The number of alkyl carbamates (subject to hydrolysis) is 1. The van der Waals surface area contributed by atoms with Gasteiger partial charge in [0.1, 0.15) is 24.1 Å². The van der Waals surface area contributed by atoms with Gasteiger partial charge in [0.2, 0.25) is 0 Å². The smallest absolute Gasteiger partial charge is 0.407 e. The molecular formula is C12H14N2O5. The Bertz CT molecular complexity index is 503. The van der Waals surface area contributed by atoms with E-state index >= 15 is 0 Å². The molecule has 1 aliphatic heterocycles. The van der Waals surface area contributed by atoms with E-state index in [-0.39, 0.29) is 12.5 Å². The summed E-state index contributed by atoms with van der Waals surface area (Å²) < 4.78 is 14.9. The molecule has 0 saturated carbocycles. The van der Waals surface area contributed by atoms with E-state index in [1.54, 1.807) is 25.3 Å². The van der Waals surface area contributed by atoms with E-state index in [0.717, 1.165) is 0 Å². The van der Waals surface area contributed by atoms with Crippen LogP contribution in [0.5, 0.6) is 11.5 Å². The quantitative estimate of drug-likeness (QED) is 0.840. The van der Waals surface area contributed by atoms with Gasteiger partial charge in [0.25, 0.3) is 5.91 Å². The minimum absolute atomic E-state index is 0.0170. The Morgan fingerprint density at radius 2 is 2.21 bits per heavy atom. The van der Waals surface area contributed by atoms with Gasteiger partial charge in [-0.25, -0.2) is 4.79 Å². The first kappa shape index (κ1) is 13.0. The van der Waals surface area contributed by atoms with Crippen molar-refractivity contribution in [2.75, 3.05) is 26.1 Å². The van der Waals surface area contributed by atoms with Gasteiger partial charge in [0.05, 0.1) is 19.9 Å². The van der Waals surface area contributed by atoms with Crippen LogP contribution in [-0.2, 0) is 9.53 Å². The van der Waals surface area contributed by atoms with Crippen LogP contribution in [0.2, 0.25) is 0 Å². The summed E-state index contributed by atoms with van der Waals surface area (Å²) in [5.41, 5.74) is 0.495. The molecule has 1 aromatic carbocycles. The van der Waals surface area contributed by atoms with Crippen molar-refractivity contribution in [2.45, 2.75) is 6.04 Å². The number of rotatable bonds is 4. The highest BCUT2D eigenvalue weighted by molar-refractivity contribution is 5.98. The lowest BCUT2D eigenvalue weighted by molar-refractivity contribution is -0.117. The predicted molar refractivity (Wildman–Crippen MR) is 66.4 cm³/mol. The minimum atomic E-state index is -0.695. The fourth-order valence-electron chi connectivity index (χ4n) is 1.65. The summed E-state index contributed by atoms with van der Waals surface area (Å²) in [6, 6.07) is 4.31. The second kappa shape index (κ2) is 5.47. The number of hydrogen-bond donors (Lipinski definition) is 2. The van der Waals surface area contributed by atoms with Gasteiger partial charge in [-0.3, -0.25) is 4.79 Å². The van der Waals surface area contributed by atoms with Crippen molar-refractivity contribution in [3.63, 3.8) is 0 Å². The van der Waals surface area contributed by atoms with Crippen LogP contribution in [0.3, 0.4) is 0 Å². The largest absolute Gasteiger partial charge is 0.497 e. The van der Waals surface area contributed by atoms with Crippen LogP contribution in [0.25, 0.3) is 0 Å². The van der Waals surface area contributed by atoms with E-state index in [1.165, 1.54) is 7.11 Å². The number of carbonyl (C=O) groups is 2. The first-order valence-corrected chi connectivity index (χ1v) is 5.60. The zero-order valence-corrected chi connectivity index (χ0v) is 10.6. The summed E-state index contributed by atoms with van der Waals surface area (Å²) in [7, 11) is 3.03. The highest BCUT2D eigenvalue weighted by Gasteiger charge is 2.29. The Morgan fingerprint density at radius 1 is 1.42 bits per heavy atom. The van der Waals surface area contributed by atoms with E-state index in [9.17, 15) is 9.59 Å². The zero-order chi connectivity index (χ0) is 13.8. The molecule has 1 aromatic rings. The average molecular weight is 266 g/mol. The molecule has 1 saturated heterocycles.